The van der Waals surface area contributed by atoms with Gasteiger partial charge in [-0.3, -0.25) is 19.8 Å². The maximum Gasteiger partial charge on any atom is 0.290 e. The largest absolute Gasteiger partial charge is 0.375 e. The molecule has 2 aliphatic heterocycles. The highest BCUT2D eigenvalue weighted by Gasteiger charge is 2.29. The van der Waals surface area contributed by atoms with Crippen molar-refractivity contribution < 1.29 is 14.3 Å². The quantitative estimate of drug-likeness (QED) is 0.324. The molecule has 2 unspecified atom stereocenters. The summed E-state index contributed by atoms with van der Waals surface area (Å²) in [5.74, 6) is 0.729. The Morgan fingerprint density at radius 1 is 0.974 bits per heavy atom. The van der Waals surface area contributed by atoms with Crippen LogP contribution in [0.25, 0.3) is 6.08 Å². The van der Waals surface area contributed by atoms with Crippen LogP contribution >= 0.6 is 23.5 Å². The van der Waals surface area contributed by atoms with Gasteiger partial charge in [0.25, 0.3) is 11.1 Å². The second-order valence-corrected chi connectivity index (χ2v) is 11.8. The zero-order chi connectivity index (χ0) is 26.7. The van der Waals surface area contributed by atoms with Crippen LogP contribution in [0, 0.1) is 6.92 Å². The third kappa shape index (κ3) is 8.88. The van der Waals surface area contributed by atoms with Gasteiger partial charge < -0.3 is 4.74 Å². The number of carbonyl (C=O) groups is 2. The molecule has 38 heavy (non-hydrogen) atoms. The van der Waals surface area contributed by atoms with Crippen LogP contribution in [0.2, 0.25) is 0 Å². The molecule has 2 atom stereocenters. The smallest absolute Gasteiger partial charge is 0.290 e. The number of nitrogens with one attached hydrogen (secondary N) is 1. The molecular formula is C31H34N2O3S2. The first-order valence-corrected chi connectivity index (χ1v) is 14.6. The molecule has 3 aromatic carbocycles. The molecule has 2 saturated heterocycles. The molecule has 2 aliphatic rings. The third-order valence-electron chi connectivity index (χ3n) is 6.42. The summed E-state index contributed by atoms with van der Waals surface area (Å²) in [6.45, 7) is 4.48. The Balaban J connectivity index is 0.000000417. The second kappa shape index (κ2) is 14.4. The minimum absolute atomic E-state index is 0.321. The topological polar surface area (TPSA) is 58.6 Å². The standard InChI is InChI=1S/C24H26N2O3S2.C7H8/c1-26-13-21(30-16-19-5-3-2-4-6-19)12-20(26)15-29-14-18-9-7-17(8-10-18)11-22-23(27)25-24(28)31-22;1-7-5-3-2-4-6-7/h2-11,20-21H,12-16H2,1H3,(H,25,27,28);2-6H,1H3/b22-11-;. The molecule has 2 amide bonds. The summed E-state index contributed by atoms with van der Waals surface area (Å²) in [7, 11) is 2.18. The first-order chi connectivity index (χ1) is 18.5. The van der Waals surface area contributed by atoms with Crippen molar-refractivity contribution in [2.75, 3.05) is 20.2 Å². The van der Waals surface area contributed by atoms with Gasteiger partial charge in [-0.15, -0.1) is 0 Å². The number of imide groups is 1. The average Bonchev–Trinajstić information content (AvgIpc) is 3.44. The summed E-state index contributed by atoms with van der Waals surface area (Å²) in [6.07, 6.45) is 2.88. The van der Waals surface area contributed by atoms with E-state index in [0.717, 1.165) is 48.2 Å². The fraction of sp³-hybridized carbons (Fsp3) is 0.290. The van der Waals surface area contributed by atoms with E-state index in [4.69, 9.17) is 4.74 Å². The number of rotatable bonds is 8. The van der Waals surface area contributed by atoms with Gasteiger partial charge in [-0.1, -0.05) is 90.5 Å². The number of aryl methyl sites for hydroxylation is 1. The van der Waals surface area contributed by atoms with Crippen LogP contribution in [-0.4, -0.2) is 47.5 Å². The Bertz CT molecular complexity index is 1220. The Morgan fingerprint density at radius 3 is 2.26 bits per heavy atom. The van der Waals surface area contributed by atoms with Gasteiger partial charge >= 0.3 is 0 Å². The van der Waals surface area contributed by atoms with Crippen LogP contribution in [0.15, 0.2) is 89.8 Å². The number of thioether (sulfide) groups is 2. The first-order valence-electron chi connectivity index (χ1n) is 12.8. The number of hydrogen-bond acceptors (Lipinski definition) is 6. The molecule has 0 aliphatic carbocycles. The molecule has 3 aromatic rings. The fourth-order valence-electron chi connectivity index (χ4n) is 4.26. The van der Waals surface area contributed by atoms with Gasteiger partial charge in [0.05, 0.1) is 18.1 Å². The molecule has 198 valence electrons. The summed E-state index contributed by atoms with van der Waals surface area (Å²) in [6, 6.07) is 29.2. The number of hydrogen-bond donors (Lipinski definition) is 1. The zero-order valence-electron chi connectivity index (χ0n) is 21.8. The monoisotopic (exact) mass is 546 g/mol. The van der Waals surface area contributed by atoms with Crippen molar-refractivity contribution in [2.45, 2.75) is 37.0 Å². The zero-order valence-corrected chi connectivity index (χ0v) is 23.5. The van der Waals surface area contributed by atoms with E-state index < -0.39 is 0 Å². The minimum Gasteiger partial charge on any atom is -0.375 e. The average molecular weight is 547 g/mol. The summed E-state index contributed by atoms with van der Waals surface area (Å²) < 4.78 is 6.01. The SMILES string of the molecule is CN1CC(SCc2ccccc2)CC1COCc1ccc(/C=C2\SC(=O)NC2=O)cc1.Cc1ccccc1. The van der Waals surface area contributed by atoms with Crippen LogP contribution in [0.1, 0.15) is 28.7 Å². The third-order valence-corrected chi connectivity index (χ3v) is 8.54. The lowest BCUT2D eigenvalue weighted by molar-refractivity contribution is -0.115. The maximum atomic E-state index is 11.6. The van der Waals surface area contributed by atoms with Crippen LogP contribution in [0.4, 0.5) is 4.79 Å². The summed E-state index contributed by atoms with van der Waals surface area (Å²) in [5, 5.41) is 2.59. The number of benzene rings is 3. The van der Waals surface area contributed by atoms with Gasteiger partial charge in [0.2, 0.25) is 0 Å². The van der Waals surface area contributed by atoms with E-state index in [9.17, 15) is 9.59 Å². The lowest BCUT2D eigenvalue weighted by Gasteiger charge is -2.18. The Labute approximate surface area is 234 Å². The van der Waals surface area contributed by atoms with E-state index >= 15 is 0 Å². The van der Waals surface area contributed by atoms with Crippen molar-refractivity contribution in [3.8, 4) is 0 Å². The molecule has 0 bridgehead atoms. The van der Waals surface area contributed by atoms with Gasteiger partial charge in [-0.25, -0.2) is 0 Å². The predicted molar refractivity (Wildman–Crippen MR) is 159 cm³/mol. The molecule has 2 fully saturated rings. The fourth-order valence-corrected chi connectivity index (χ4v) is 6.26. The first kappa shape index (κ1) is 28.2. The van der Waals surface area contributed by atoms with Crippen molar-refractivity contribution >= 4 is 40.7 Å². The predicted octanol–water partition coefficient (Wildman–Crippen LogP) is 6.53. The Kier molecular flexibility index (Phi) is 10.6. The van der Waals surface area contributed by atoms with Gasteiger partial charge in [-0.2, -0.15) is 11.8 Å². The van der Waals surface area contributed by atoms with E-state index in [1.54, 1.807) is 6.08 Å². The number of nitrogens with zero attached hydrogens (tertiary/aromatic N) is 1. The highest BCUT2D eigenvalue weighted by atomic mass is 32.2. The molecular weight excluding hydrogens is 512 g/mol. The van der Waals surface area contributed by atoms with Crippen molar-refractivity contribution in [3.63, 3.8) is 0 Å². The van der Waals surface area contributed by atoms with Gasteiger partial charge in [0, 0.05) is 23.6 Å². The van der Waals surface area contributed by atoms with Crippen molar-refractivity contribution in [3.05, 3.63) is 112 Å². The normalized spacial score (nSPS) is 20.3. The molecule has 2 heterocycles. The van der Waals surface area contributed by atoms with E-state index in [1.165, 1.54) is 11.1 Å². The molecule has 0 radical (unpaired) electrons. The van der Waals surface area contributed by atoms with Gasteiger partial charge in [-0.05, 0) is 54.9 Å². The van der Waals surface area contributed by atoms with Crippen molar-refractivity contribution in [1.82, 2.24) is 10.2 Å². The van der Waals surface area contributed by atoms with E-state index in [0.29, 0.717) is 22.8 Å². The number of likely N-dealkylation sites (N-methyl/N-ethyl adjacent to an activating group) is 1. The van der Waals surface area contributed by atoms with Crippen LogP contribution in [0.5, 0.6) is 0 Å². The molecule has 5 rings (SSSR count). The molecule has 7 heteroatoms. The number of carbonyl (C=O) groups excluding carboxylic acids is 2. The highest BCUT2D eigenvalue weighted by Crippen LogP contribution is 2.29. The number of amides is 2. The Morgan fingerprint density at radius 2 is 1.66 bits per heavy atom. The molecule has 0 spiro atoms. The van der Waals surface area contributed by atoms with Crippen molar-refractivity contribution in [1.29, 1.82) is 0 Å². The Hall–Kier alpha value is -2.84. The molecule has 1 N–H and O–H groups in total. The number of likely N-dealkylation sites (tertiary alicyclic amines) is 1. The lowest BCUT2D eigenvalue weighted by Crippen LogP contribution is -2.29. The van der Waals surface area contributed by atoms with Crippen LogP contribution < -0.4 is 5.32 Å². The highest BCUT2D eigenvalue weighted by molar-refractivity contribution is 8.18. The van der Waals surface area contributed by atoms with E-state index in [1.807, 2.05) is 54.2 Å². The second-order valence-electron chi connectivity index (χ2n) is 9.51. The van der Waals surface area contributed by atoms with Crippen molar-refractivity contribution in [2.24, 2.45) is 0 Å². The summed E-state index contributed by atoms with van der Waals surface area (Å²) in [5.41, 5.74) is 4.69. The molecule has 0 saturated carbocycles. The summed E-state index contributed by atoms with van der Waals surface area (Å²) >= 11 is 2.97. The minimum atomic E-state index is -0.330. The van der Waals surface area contributed by atoms with Crippen LogP contribution in [0.3, 0.4) is 0 Å². The van der Waals surface area contributed by atoms with Gasteiger partial charge in [0.1, 0.15) is 0 Å². The van der Waals surface area contributed by atoms with E-state index in [-0.39, 0.29) is 11.1 Å². The molecule has 5 nitrogen and oxygen atoms in total. The molecule has 0 aromatic heterocycles. The summed E-state index contributed by atoms with van der Waals surface area (Å²) in [4.78, 5) is 25.7. The van der Waals surface area contributed by atoms with Gasteiger partial charge in [0.15, 0.2) is 0 Å². The maximum absolute atomic E-state index is 11.6. The lowest BCUT2D eigenvalue weighted by atomic mass is 10.1. The number of ether oxygens (including phenoxy) is 1. The van der Waals surface area contributed by atoms with E-state index in [2.05, 4.69) is 66.7 Å². The van der Waals surface area contributed by atoms with Crippen LogP contribution in [-0.2, 0) is 21.9 Å².